The summed E-state index contributed by atoms with van der Waals surface area (Å²) in [7, 11) is 0. The minimum absolute atomic E-state index is 0.106. The minimum atomic E-state index is -0.889. The van der Waals surface area contributed by atoms with Crippen molar-refractivity contribution in [3.63, 3.8) is 0 Å². The molecule has 0 radical (unpaired) electrons. The topological polar surface area (TPSA) is 86.5 Å². The summed E-state index contributed by atoms with van der Waals surface area (Å²) in [4.78, 5) is 36.3. The highest BCUT2D eigenvalue weighted by Gasteiger charge is 2.34. The molecule has 6 heteroatoms. The number of benzene rings is 3. The Bertz CT molecular complexity index is 1150. The number of nitro groups is 1. The van der Waals surface area contributed by atoms with Crippen LogP contribution in [0.3, 0.4) is 0 Å². The van der Waals surface area contributed by atoms with Crippen LogP contribution in [-0.2, 0) is 4.74 Å². The Hall–Kier alpha value is -4.06. The Balaban J connectivity index is 1.83. The van der Waals surface area contributed by atoms with E-state index in [1.807, 2.05) is 6.07 Å². The molecule has 1 aliphatic carbocycles. The highest BCUT2D eigenvalue weighted by molar-refractivity contribution is 6.39. The van der Waals surface area contributed by atoms with E-state index in [-0.39, 0.29) is 28.4 Å². The fourth-order valence-corrected chi connectivity index (χ4v) is 3.18. The van der Waals surface area contributed by atoms with Crippen molar-refractivity contribution in [1.29, 1.82) is 0 Å². The average molecular weight is 371 g/mol. The van der Waals surface area contributed by atoms with Crippen LogP contribution in [0.2, 0.25) is 0 Å². The van der Waals surface area contributed by atoms with Crippen LogP contribution in [0.4, 0.5) is 5.69 Å². The summed E-state index contributed by atoms with van der Waals surface area (Å²) in [6, 6.07) is 21.2. The van der Waals surface area contributed by atoms with Crippen LogP contribution >= 0.6 is 0 Å². The summed E-state index contributed by atoms with van der Waals surface area (Å²) >= 11 is 0. The molecule has 3 aromatic rings. The van der Waals surface area contributed by atoms with E-state index in [9.17, 15) is 19.7 Å². The predicted octanol–water partition coefficient (Wildman–Crippen LogP) is 4.52. The molecule has 0 fully saturated rings. The predicted molar refractivity (Wildman–Crippen MR) is 103 cm³/mol. The molecule has 0 atom stereocenters. The number of hydrogen-bond donors (Lipinski definition) is 0. The van der Waals surface area contributed by atoms with E-state index in [2.05, 4.69) is 0 Å². The first-order valence-corrected chi connectivity index (χ1v) is 8.47. The Labute approximate surface area is 159 Å². The number of nitro benzene ring substituents is 1. The summed E-state index contributed by atoms with van der Waals surface area (Å²) in [5, 5.41) is 11.2. The number of esters is 1. The van der Waals surface area contributed by atoms with Gasteiger partial charge < -0.3 is 4.74 Å². The number of carbonyl (C=O) groups is 2. The summed E-state index contributed by atoms with van der Waals surface area (Å²) in [6.07, 6.45) is 0. The van der Waals surface area contributed by atoms with E-state index in [1.165, 1.54) is 24.3 Å². The molecule has 6 nitrogen and oxygen atoms in total. The Kier molecular flexibility index (Phi) is 4.29. The number of ketones is 1. The maximum atomic E-state index is 12.9. The Morgan fingerprint density at radius 2 is 1.43 bits per heavy atom. The summed E-state index contributed by atoms with van der Waals surface area (Å²) < 4.78 is 5.57. The van der Waals surface area contributed by atoms with Gasteiger partial charge in [0.1, 0.15) is 5.56 Å². The zero-order valence-electron chi connectivity index (χ0n) is 14.5. The molecule has 0 aromatic heterocycles. The quantitative estimate of drug-likeness (QED) is 0.382. The van der Waals surface area contributed by atoms with Crippen LogP contribution < -0.4 is 0 Å². The van der Waals surface area contributed by atoms with Gasteiger partial charge in [0.2, 0.25) is 0 Å². The van der Waals surface area contributed by atoms with Gasteiger partial charge in [-0.05, 0) is 11.6 Å². The fourth-order valence-electron chi connectivity index (χ4n) is 3.18. The first-order chi connectivity index (χ1) is 13.6. The molecule has 0 unspecified atom stereocenters. The van der Waals surface area contributed by atoms with Crippen LogP contribution in [-0.4, -0.2) is 16.7 Å². The van der Waals surface area contributed by atoms with Crippen molar-refractivity contribution in [2.24, 2.45) is 0 Å². The molecule has 0 amide bonds. The Morgan fingerprint density at radius 3 is 2.14 bits per heavy atom. The van der Waals surface area contributed by atoms with Crippen molar-refractivity contribution in [3.05, 3.63) is 111 Å². The lowest BCUT2D eigenvalue weighted by Crippen LogP contribution is -2.08. The molecule has 0 spiro atoms. The highest BCUT2D eigenvalue weighted by atomic mass is 16.6. The number of Topliss-reactive ketones (excluding diaryl/α,β-unsaturated/α-hetero) is 1. The third-order valence-electron chi connectivity index (χ3n) is 4.45. The van der Waals surface area contributed by atoms with Gasteiger partial charge in [0.15, 0.2) is 11.5 Å². The second-order valence-corrected chi connectivity index (χ2v) is 6.11. The summed E-state index contributed by atoms with van der Waals surface area (Å²) in [5.74, 6) is -1.04. The molecule has 0 saturated heterocycles. The molecule has 136 valence electrons. The second-order valence-electron chi connectivity index (χ2n) is 6.11. The number of carbonyl (C=O) groups excluding carboxylic acids is 2. The standard InChI is InChI=1S/C22H13NO5/c24-20-15-10-4-5-11-16(15)21(19(20)14-8-2-1-3-9-14)28-22(25)17-12-6-7-13-18(17)23(26)27/h1-13H. The molecule has 28 heavy (non-hydrogen) atoms. The van der Waals surface area contributed by atoms with Gasteiger partial charge in [0, 0.05) is 17.2 Å². The van der Waals surface area contributed by atoms with Gasteiger partial charge in [0.05, 0.1) is 10.5 Å². The lowest BCUT2D eigenvalue weighted by Gasteiger charge is -2.09. The molecule has 0 bridgehead atoms. The van der Waals surface area contributed by atoms with Crippen LogP contribution in [0, 0.1) is 10.1 Å². The van der Waals surface area contributed by atoms with Gasteiger partial charge in [-0.2, -0.15) is 0 Å². The molecular formula is C22H13NO5. The number of hydrogen-bond acceptors (Lipinski definition) is 5. The lowest BCUT2D eigenvalue weighted by molar-refractivity contribution is -0.385. The minimum Gasteiger partial charge on any atom is -0.421 e. The molecule has 0 aliphatic heterocycles. The van der Waals surface area contributed by atoms with Crippen LogP contribution in [0.25, 0.3) is 11.3 Å². The lowest BCUT2D eigenvalue weighted by atomic mass is 10.0. The fraction of sp³-hybridized carbons (Fsp3) is 0. The van der Waals surface area contributed by atoms with E-state index >= 15 is 0 Å². The number of ether oxygens (including phenoxy) is 1. The molecule has 0 heterocycles. The normalized spacial score (nSPS) is 12.6. The molecule has 4 rings (SSSR count). The molecule has 1 aliphatic rings. The summed E-state index contributed by atoms with van der Waals surface area (Å²) in [6.45, 7) is 0. The molecular weight excluding hydrogens is 358 g/mol. The third-order valence-corrected chi connectivity index (χ3v) is 4.45. The van der Waals surface area contributed by atoms with Crippen molar-refractivity contribution in [1.82, 2.24) is 0 Å². The maximum Gasteiger partial charge on any atom is 0.350 e. The van der Waals surface area contributed by atoms with Crippen molar-refractivity contribution < 1.29 is 19.2 Å². The van der Waals surface area contributed by atoms with E-state index in [4.69, 9.17) is 4.74 Å². The highest BCUT2D eigenvalue weighted by Crippen LogP contribution is 2.39. The van der Waals surface area contributed by atoms with E-state index in [1.54, 1.807) is 48.5 Å². The SMILES string of the molecule is O=C1C(c2ccccc2)=C(OC(=O)c2ccccc2[N+](=O)[O-])c2ccccc21. The third kappa shape index (κ3) is 2.87. The monoisotopic (exact) mass is 371 g/mol. The molecule has 0 N–H and O–H groups in total. The number of rotatable bonds is 4. The first-order valence-electron chi connectivity index (χ1n) is 8.47. The van der Waals surface area contributed by atoms with Crippen LogP contribution in [0.15, 0.2) is 78.9 Å². The van der Waals surface area contributed by atoms with E-state index in [0.29, 0.717) is 16.7 Å². The second kappa shape index (κ2) is 6.92. The van der Waals surface area contributed by atoms with Gasteiger partial charge in [-0.1, -0.05) is 66.7 Å². The molecule has 3 aromatic carbocycles. The number of fused-ring (bicyclic) bond motifs is 1. The van der Waals surface area contributed by atoms with E-state index in [0.717, 1.165) is 0 Å². The first kappa shape index (κ1) is 17.4. The smallest absolute Gasteiger partial charge is 0.350 e. The number of para-hydroxylation sites is 1. The van der Waals surface area contributed by atoms with Gasteiger partial charge in [-0.3, -0.25) is 14.9 Å². The zero-order chi connectivity index (χ0) is 19.7. The number of allylic oxidation sites excluding steroid dienone is 1. The van der Waals surface area contributed by atoms with Crippen molar-refractivity contribution in [3.8, 4) is 0 Å². The zero-order valence-corrected chi connectivity index (χ0v) is 14.5. The van der Waals surface area contributed by atoms with Gasteiger partial charge in [-0.15, -0.1) is 0 Å². The summed E-state index contributed by atoms with van der Waals surface area (Å²) in [5.41, 5.74) is 1.24. The van der Waals surface area contributed by atoms with Crippen LogP contribution in [0.5, 0.6) is 0 Å². The average Bonchev–Trinajstić information content (AvgIpc) is 3.00. The van der Waals surface area contributed by atoms with Gasteiger partial charge in [0.25, 0.3) is 5.69 Å². The van der Waals surface area contributed by atoms with Crippen molar-refractivity contribution in [2.75, 3.05) is 0 Å². The molecule has 0 saturated carbocycles. The van der Waals surface area contributed by atoms with Gasteiger partial charge in [-0.25, -0.2) is 4.79 Å². The van der Waals surface area contributed by atoms with Gasteiger partial charge >= 0.3 is 5.97 Å². The van der Waals surface area contributed by atoms with Crippen LogP contribution in [0.1, 0.15) is 31.8 Å². The largest absolute Gasteiger partial charge is 0.421 e. The number of nitrogens with zero attached hydrogens (tertiary/aromatic N) is 1. The Morgan fingerprint density at radius 1 is 0.821 bits per heavy atom. The van der Waals surface area contributed by atoms with E-state index < -0.39 is 10.9 Å². The van der Waals surface area contributed by atoms with Crippen molar-refractivity contribution in [2.45, 2.75) is 0 Å². The maximum absolute atomic E-state index is 12.9. The van der Waals surface area contributed by atoms with Crippen molar-refractivity contribution >= 4 is 28.8 Å².